The number of aliphatic hydroxyl groups excluding tert-OH is 2. The Morgan fingerprint density at radius 1 is 0.782 bits per heavy atom. The molecule has 2 saturated carbocycles. The summed E-state index contributed by atoms with van der Waals surface area (Å²) in [6, 6.07) is 1.51. The molecule has 55 heavy (non-hydrogen) atoms. The van der Waals surface area contributed by atoms with Crippen molar-refractivity contribution in [3.63, 3.8) is 0 Å². The second-order valence-electron chi connectivity index (χ2n) is 15.6. The fraction of sp³-hybridized carbons (Fsp3) is 0.706. The van der Waals surface area contributed by atoms with Gasteiger partial charge in [0, 0.05) is 35.4 Å². The Labute approximate surface area is 347 Å². The molecule has 2 aliphatic rings. The number of hydrogen-bond donors (Lipinski definition) is 4. The molecule has 0 saturated heterocycles. The van der Waals surface area contributed by atoms with Gasteiger partial charge in [0.05, 0.1) is 16.8 Å². The Kier molecular flexibility index (Phi) is 19.6. The van der Waals surface area contributed by atoms with E-state index in [1.165, 1.54) is 12.7 Å². The summed E-state index contributed by atoms with van der Waals surface area (Å²) in [5, 5.41) is 32.4. The summed E-state index contributed by atoms with van der Waals surface area (Å²) in [6.45, 7) is 16.0. The van der Waals surface area contributed by atoms with Crippen LogP contribution in [0.5, 0.6) is 0 Å². The molecule has 6 rings (SSSR count). The predicted molar refractivity (Wildman–Crippen MR) is 228 cm³/mol. The lowest BCUT2D eigenvalue weighted by Gasteiger charge is -2.18. The van der Waals surface area contributed by atoms with Gasteiger partial charge in [0.15, 0.2) is 11.3 Å². The van der Waals surface area contributed by atoms with Gasteiger partial charge in [-0.15, -0.1) is 0 Å². The summed E-state index contributed by atoms with van der Waals surface area (Å²) in [5.74, 6) is 0.536. The first-order chi connectivity index (χ1) is 24.9. The molecule has 0 spiro atoms. The van der Waals surface area contributed by atoms with Crippen LogP contribution in [-0.4, -0.2) is 116 Å². The zero-order valence-corrected chi connectivity index (χ0v) is 36.9. The first kappa shape index (κ1) is 49.4. The summed E-state index contributed by atoms with van der Waals surface area (Å²) in [5.41, 5.74) is 6.59. The summed E-state index contributed by atoms with van der Waals surface area (Å²) in [7, 11) is -2.20. The van der Waals surface area contributed by atoms with Crippen LogP contribution in [0.25, 0.3) is 22.1 Å². The third kappa shape index (κ3) is 14.2. The van der Waals surface area contributed by atoms with Crippen molar-refractivity contribution in [3.05, 3.63) is 27.0 Å². The van der Waals surface area contributed by atoms with E-state index in [0.29, 0.717) is 82.6 Å². The van der Waals surface area contributed by atoms with Crippen molar-refractivity contribution in [3.8, 4) is 0 Å². The first-order valence-corrected chi connectivity index (χ1v) is 27.0. The Balaban J connectivity index is 0.000000316. The number of fused-ring (bicyclic) bond motifs is 2. The molecule has 14 nitrogen and oxygen atoms in total. The van der Waals surface area contributed by atoms with Crippen LogP contribution in [0.2, 0.25) is 56.5 Å². The summed E-state index contributed by atoms with van der Waals surface area (Å²) >= 11 is 12.8. The van der Waals surface area contributed by atoms with Crippen molar-refractivity contribution in [2.24, 2.45) is 5.73 Å². The normalized spacial score (nSPS) is 22.4. The van der Waals surface area contributed by atoms with E-state index in [4.69, 9.17) is 31.9 Å². The van der Waals surface area contributed by atoms with Gasteiger partial charge in [-0.05, 0) is 69.6 Å². The van der Waals surface area contributed by atoms with Gasteiger partial charge in [0.2, 0.25) is 0 Å². The van der Waals surface area contributed by atoms with Crippen LogP contribution in [0.15, 0.2) is 21.9 Å². The van der Waals surface area contributed by atoms with E-state index in [0.717, 1.165) is 24.1 Å². The SMILES string of the molecule is C.C.C[Si](C)(C)CCOCn1nc(Br)c2c(Cl)ncnc21.C[Si](C)(C)CCOCn1nc(Br)c2c(NC3CC[C@H](F)[C@H]3O)ncnc21.NC1CC[C@H](F)[C@H]1O. The average molecular weight is 961 g/mol. The molecular weight excluding hydrogens is 902 g/mol. The molecule has 5 N–H and O–H groups in total. The first-order valence-electron chi connectivity index (χ1n) is 17.6. The number of hydrogen-bond acceptors (Lipinski definition) is 12. The monoisotopic (exact) mass is 958 g/mol. The van der Waals surface area contributed by atoms with Crippen LogP contribution in [-0.2, 0) is 22.9 Å². The van der Waals surface area contributed by atoms with E-state index in [1.54, 1.807) is 9.36 Å². The predicted octanol–water partition coefficient (Wildman–Crippen LogP) is 7.81. The van der Waals surface area contributed by atoms with Crippen molar-refractivity contribution in [2.75, 3.05) is 18.5 Å². The smallest absolute Gasteiger partial charge is 0.166 e. The highest BCUT2D eigenvalue weighted by Gasteiger charge is 2.35. The fourth-order valence-electron chi connectivity index (χ4n) is 5.47. The van der Waals surface area contributed by atoms with Gasteiger partial charge >= 0.3 is 0 Å². The van der Waals surface area contributed by atoms with Crippen molar-refractivity contribution >= 4 is 87.5 Å². The Morgan fingerprint density at radius 2 is 1.25 bits per heavy atom. The summed E-state index contributed by atoms with van der Waals surface area (Å²) in [4.78, 5) is 16.7. The van der Waals surface area contributed by atoms with E-state index >= 15 is 0 Å². The summed E-state index contributed by atoms with van der Waals surface area (Å²) in [6.07, 6.45) is 0.584. The molecule has 21 heteroatoms. The average Bonchev–Trinajstić information content (AvgIpc) is 3.79. The molecule has 4 aromatic rings. The number of alkyl halides is 2. The maximum atomic E-state index is 13.6. The summed E-state index contributed by atoms with van der Waals surface area (Å²) < 4.78 is 41.8. The second-order valence-corrected chi connectivity index (χ2v) is 28.7. The lowest BCUT2D eigenvalue weighted by atomic mass is 10.2. The third-order valence-corrected chi connectivity index (χ3v) is 13.6. The third-order valence-electron chi connectivity index (χ3n) is 8.79. The van der Waals surface area contributed by atoms with Crippen molar-refractivity contribution in [2.45, 2.75) is 142 Å². The highest BCUT2D eigenvalue weighted by Crippen LogP contribution is 2.32. The van der Waals surface area contributed by atoms with Crippen molar-refractivity contribution in [1.29, 1.82) is 0 Å². The molecular formula is C34H59Br2ClF2N10O4Si2. The molecule has 6 atom stereocenters. The van der Waals surface area contributed by atoms with E-state index in [2.05, 4.69) is 107 Å². The molecule has 0 bridgehead atoms. The van der Waals surface area contributed by atoms with E-state index < -0.39 is 40.7 Å². The van der Waals surface area contributed by atoms with Gasteiger partial charge in [-0.25, -0.2) is 38.1 Å². The molecule has 0 amide bonds. The number of nitrogens with two attached hydrogens (primary N) is 1. The van der Waals surface area contributed by atoms with E-state index in [-0.39, 0.29) is 26.9 Å². The highest BCUT2D eigenvalue weighted by molar-refractivity contribution is 9.10. The van der Waals surface area contributed by atoms with Gasteiger partial charge in [0.25, 0.3) is 0 Å². The van der Waals surface area contributed by atoms with Gasteiger partial charge < -0.3 is 30.7 Å². The molecule has 0 aliphatic heterocycles. The minimum atomic E-state index is -1.20. The molecule has 0 radical (unpaired) electrons. The zero-order valence-electron chi connectivity index (χ0n) is 30.9. The van der Waals surface area contributed by atoms with Crippen LogP contribution < -0.4 is 11.1 Å². The van der Waals surface area contributed by atoms with Crippen LogP contribution in [0.4, 0.5) is 14.6 Å². The van der Waals surface area contributed by atoms with Crippen LogP contribution >= 0.6 is 43.5 Å². The van der Waals surface area contributed by atoms with Crippen LogP contribution in [0.1, 0.15) is 40.5 Å². The number of halogens is 5. The molecule has 4 aromatic heterocycles. The fourth-order valence-corrected chi connectivity index (χ4v) is 8.43. The molecule has 4 heterocycles. The number of nitrogens with one attached hydrogen (secondary N) is 1. The largest absolute Gasteiger partial charge is 0.388 e. The van der Waals surface area contributed by atoms with Gasteiger partial charge in [-0.2, -0.15) is 10.2 Å². The minimum absolute atomic E-state index is 0. The number of ether oxygens (including phenoxy) is 2. The van der Waals surface area contributed by atoms with Gasteiger partial charge in [-0.3, -0.25) is 0 Å². The van der Waals surface area contributed by atoms with Crippen LogP contribution in [0.3, 0.4) is 0 Å². The molecule has 0 aromatic carbocycles. The van der Waals surface area contributed by atoms with Gasteiger partial charge in [-0.1, -0.05) is 65.7 Å². The molecule has 2 fully saturated rings. The number of aromatic nitrogens is 8. The number of anilines is 1. The maximum Gasteiger partial charge on any atom is 0.166 e. The molecule has 312 valence electrons. The highest BCUT2D eigenvalue weighted by atomic mass is 79.9. The topological polar surface area (TPSA) is 184 Å². The van der Waals surface area contributed by atoms with Crippen molar-refractivity contribution in [1.82, 2.24) is 39.5 Å². The number of nitrogens with zero attached hydrogens (tertiary/aromatic N) is 8. The van der Waals surface area contributed by atoms with E-state index in [1.807, 2.05) is 0 Å². The van der Waals surface area contributed by atoms with Crippen LogP contribution in [0, 0.1) is 0 Å². The Bertz CT molecular complexity index is 1780. The van der Waals surface area contributed by atoms with Crippen molar-refractivity contribution < 1.29 is 28.5 Å². The number of rotatable bonds is 12. The minimum Gasteiger partial charge on any atom is -0.388 e. The quantitative estimate of drug-likeness (QED) is 0.0615. The Morgan fingerprint density at radius 3 is 1.69 bits per heavy atom. The zero-order chi connectivity index (χ0) is 39.1. The number of aliphatic hydroxyl groups is 2. The molecule has 2 aliphatic carbocycles. The standard InChI is InChI=1S/C16H25BrFN5O2Si.C11H16BrClN4OSi.C5H10FNO.2CH4/c1-26(2,3)7-6-25-9-23-16-12(14(17)22-23)15(19-8-20-16)21-11-5-4-10(18)13(11)24;1-19(2,3)5-4-18-7-17-11-8(9(12)16-17)10(13)14-6-15-11;6-3-1-2-4(7)5(3)8;;/h8,10-11,13,24H,4-7,9H2,1-3H3,(H,19,20,21);6H,4-5,7H2,1-3H3;3-5,8H,1-2,7H2;2*1H4/t10-,11?,13+;;3-,4?,5+;;/m0.0../s1. The lowest BCUT2D eigenvalue weighted by molar-refractivity contribution is 0.0809. The molecule has 2 unspecified atom stereocenters. The maximum absolute atomic E-state index is 13.6. The Hall–Kier alpha value is -1.76. The van der Waals surface area contributed by atoms with Gasteiger partial charge in [0.1, 0.15) is 70.8 Å². The second kappa shape index (κ2) is 21.8. The van der Waals surface area contributed by atoms with E-state index in [9.17, 15) is 13.9 Å². The lowest BCUT2D eigenvalue weighted by Crippen LogP contribution is -2.33.